The molecule has 0 bridgehead atoms. The van der Waals surface area contributed by atoms with Crippen LogP contribution in [-0.4, -0.2) is 22.0 Å². The normalized spacial score (nSPS) is 12.5. The first-order valence-electron chi connectivity index (χ1n) is 7.70. The molecule has 0 aliphatic rings. The van der Waals surface area contributed by atoms with Crippen molar-refractivity contribution < 1.29 is 14.1 Å². The van der Waals surface area contributed by atoms with Crippen LogP contribution in [0.25, 0.3) is 0 Å². The number of carbonyl (C=O) groups is 2. The third-order valence-electron chi connectivity index (χ3n) is 3.36. The Morgan fingerprint density at radius 3 is 2.46 bits per heavy atom. The number of hydrogen-bond acceptors (Lipinski definition) is 5. The van der Waals surface area contributed by atoms with Crippen molar-refractivity contribution in [1.82, 2.24) is 15.5 Å². The maximum absolute atomic E-state index is 12.5. The second kappa shape index (κ2) is 6.82. The lowest BCUT2D eigenvalue weighted by molar-refractivity contribution is -0.123. The third kappa shape index (κ3) is 4.18. The molecule has 0 radical (unpaired) electrons. The van der Waals surface area contributed by atoms with E-state index in [0.29, 0.717) is 23.0 Å². The van der Waals surface area contributed by atoms with E-state index >= 15 is 0 Å². The van der Waals surface area contributed by atoms with Crippen LogP contribution in [0.5, 0.6) is 0 Å². The second-order valence-electron chi connectivity index (χ2n) is 6.62. The number of amides is 2. The van der Waals surface area contributed by atoms with Crippen molar-refractivity contribution in [2.45, 2.75) is 40.7 Å². The molecule has 0 saturated heterocycles. The molecule has 7 nitrogen and oxygen atoms in total. The van der Waals surface area contributed by atoms with Gasteiger partial charge in [0.15, 0.2) is 5.82 Å². The van der Waals surface area contributed by atoms with Gasteiger partial charge in [-0.25, -0.2) is 0 Å². The highest BCUT2D eigenvalue weighted by molar-refractivity contribution is 6.04. The monoisotopic (exact) mass is 330 g/mol. The van der Waals surface area contributed by atoms with E-state index in [4.69, 9.17) is 4.52 Å². The Morgan fingerprint density at radius 1 is 1.21 bits per heavy atom. The molecule has 1 atom stereocenters. The summed E-state index contributed by atoms with van der Waals surface area (Å²) in [5, 5.41) is 9.30. The number of carbonyl (C=O) groups excluding carboxylic acids is 2. The maximum Gasteiger partial charge on any atom is 0.254 e. The van der Waals surface area contributed by atoms with Crippen molar-refractivity contribution in [2.75, 3.05) is 5.32 Å². The van der Waals surface area contributed by atoms with E-state index in [1.165, 1.54) is 0 Å². The van der Waals surface area contributed by atoms with Crippen LogP contribution < -0.4 is 10.6 Å². The molecular formula is C17H22N4O3. The molecule has 1 aromatic carbocycles. The average molecular weight is 330 g/mol. The highest BCUT2D eigenvalue weighted by Gasteiger charge is 2.24. The van der Waals surface area contributed by atoms with Crippen LogP contribution in [-0.2, 0) is 4.79 Å². The summed E-state index contributed by atoms with van der Waals surface area (Å²) >= 11 is 0. The van der Waals surface area contributed by atoms with Gasteiger partial charge in [0.25, 0.3) is 5.91 Å². The largest absolute Gasteiger partial charge is 0.340 e. The zero-order valence-corrected chi connectivity index (χ0v) is 14.5. The van der Waals surface area contributed by atoms with Crippen LogP contribution in [0.3, 0.4) is 0 Å². The number of nitrogens with zero attached hydrogens (tertiary/aromatic N) is 2. The van der Waals surface area contributed by atoms with Gasteiger partial charge in [0.1, 0.15) is 6.04 Å². The lowest BCUT2D eigenvalue weighted by atomic mass is 9.95. The summed E-state index contributed by atoms with van der Waals surface area (Å²) in [5.41, 5.74) is 0.278. The highest BCUT2D eigenvalue weighted by Crippen LogP contribution is 2.21. The molecule has 0 saturated carbocycles. The third-order valence-corrected chi connectivity index (χ3v) is 3.36. The lowest BCUT2D eigenvalue weighted by Gasteiger charge is -2.19. The van der Waals surface area contributed by atoms with Crippen molar-refractivity contribution >= 4 is 17.5 Å². The van der Waals surface area contributed by atoms with Crippen LogP contribution in [0.2, 0.25) is 0 Å². The van der Waals surface area contributed by atoms with E-state index < -0.39 is 11.5 Å². The van der Waals surface area contributed by atoms with Gasteiger partial charge in [0, 0.05) is 5.41 Å². The minimum atomic E-state index is -0.557. The van der Waals surface area contributed by atoms with Gasteiger partial charge in [-0.3, -0.25) is 9.59 Å². The van der Waals surface area contributed by atoms with Crippen molar-refractivity contribution in [3.05, 3.63) is 41.5 Å². The van der Waals surface area contributed by atoms with Gasteiger partial charge in [-0.05, 0) is 26.0 Å². The van der Waals surface area contributed by atoms with Gasteiger partial charge in [-0.2, -0.15) is 4.98 Å². The predicted octanol–water partition coefficient (Wildman–Crippen LogP) is 2.85. The molecule has 2 N–H and O–H groups in total. The van der Waals surface area contributed by atoms with Crippen molar-refractivity contribution in [1.29, 1.82) is 0 Å². The standard InChI is InChI=1S/C17H22N4O3/c1-10(15-19-11(2)21-24-15)18-14(22)12-8-6-7-9-13(12)20-16(23)17(3,4)5/h6-10H,1-5H3,(H,18,22)(H,20,23). The lowest BCUT2D eigenvalue weighted by Crippen LogP contribution is -2.31. The first-order chi connectivity index (χ1) is 11.2. The van der Waals surface area contributed by atoms with Crippen molar-refractivity contribution in [2.24, 2.45) is 5.41 Å². The van der Waals surface area contributed by atoms with Gasteiger partial charge in [-0.15, -0.1) is 0 Å². The molecule has 7 heteroatoms. The van der Waals surface area contributed by atoms with Crippen LogP contribution in [0, 0.1) is 12.3 Å². The van der Waals surface area contributed by atoms with Crippen molar-refractivity contribution in [3.63, 3.8) is 0 Å². The summed E-state index contributed by atoms with van der Waals surface area (Å²) in [7, 11) is 0. The van der Waals surface area contributed by atoms with E-state index in [-0.39, 0.29) is 11.8 Å². The SMILES string of the molecule is Cc1noc(C(C)NC(=O)c2ccccc2NC(=O)C(C)(C)C)n1. The molecule has 1 aromatic heterocycles. The van der Waals surface area contributed by atoms with Gasteiger partial charge in [-0.1, -0.05) is 38.1 Å². The fourth-order valence-corrected chi connectivity index (χ4v) is 1.93. The van der Waals surface area contributed by atoms with E-state index in [0.717, 1.165) is 0 Å². The molecule has 2 rings (SSSR count). The van der Waals surface area contributed by atoms with E-state index in [1.54, 1.807) is 38.1 Å². The number of anilines is 1. The summed E-state index contributed by atoms with van der Waals surface area (Å²) in [4.78, 5) is 28.8. The summed E-state index contributed by atoms with van der Waals surface area (Å²) in [6, 6.07) is 6.41. The summed E-state index contributed by atoms with van der Waals surface area (Å²) < 4.78 is 5.06. The number of nitrogens with one attached hydrogen (secondary N) is 2. The predicted molar refractivity (Wildman–Crippen MR) is 89.4 cm³/mol. The summed E-state index contributed by atoms with van der Waals surface area (Å²) in [6.45, 7) is 8.89. The minimum Gasteiger partial charge on any atom is -0.340 e. The molecular weight excluding hydrogens is 308 g/mol. The Balaban J connectivity index is 2.16. The Hall–Kier alpha value is -2.70. The first kappa shape index (κ1) is 17.7. The minimum absolute atomic E-state index is 0.164. The summed E-state index contributed by atoms with van der Waals surface area (Å²) in [6.07, 6.45) is 0. The fraction of sp³-hybridized carbons (Fsp3) is 0.412. The molecule has 0 fully saturated rings. The molecule has 0 aliphatic heterocycles. The van der Waals surface area contributed by atoms with Crippen LogP contribution in [0.15, 0.2) is 28.8 Å². The fourth-order valence-electron chi connectivity index (χ4n) is 1.93. The van der Waals surface area contributed by atoms with Crippen LogP contribution >= 0.6 is 0 Å². The number of hydrogen-bond donors (Lipinski definition) is 2. The molecule has 1 heterocycles. The Morgan fingerprint density at radius 2 is 1.88 bits per heavy atom. The maximum atomic E-state index is 12.5. The Labute approximate surface area is 140 Å². The number of aromatic nitrogens is 2. The topological polar surface area (TPSA) is 97.1 Å². The first-order valence-corrected chi connectivity index (χ1v) is 7.70. The molecule has 2 aromatic rings. The Bertz CT molecular complexity index is 746. The zero-order chi connectivity index (χ0) is 17.9. The Kier molecular flexibility index (Phi) is 5.02. The quantitative estimate of drug-likeness (QED) is 0.898. The van der Waals surface area contributed by atoms with E-state index in [1.807, 2.05) is 20.8 Å². The number of benzene rings is 1. The number of aryl methyl sites for hydroxylation is 1. The van der Waals surface area contributed by atoms with Crippen LogP contribution in [0.1, 0.15) is 55.8 Å². The summed E-state index contributed by atoms with van der Waals surface area (Å²) in [5.74, 6) is 0.340. The zero-order valence-electron chi connectivity index (χ0n) is 14.5. The number of rotatable bonds is 4. The molecule has 0 aliphatic carbocycles. The van der Waals surface area contributed by atoms with E-state index in [9.17, 15) is 9.59 Å². The molecule has 24 heavy (non-hydrogen) atoms. The molecule has 1 unspecified atom stereocenters. The van der Waals surface area contributed by atoms with Gasteiger partial charge >= 0.3 is 0 Å². The van der Waals surface area contributed by atoms with Gasteiger partial charge in [0.05, 0.1) is 11.3 Å². The smallest absolute Gasteiger partial charge is 0.254 e. The van der Waals surface area contributed by atoms with Gasteiger partial charge < -0.3 is 15.2 Å². The molecule has 128 valence electrons. The van der Waals surface area contributed by atoms with Crippen LogP contribution in [0.4, 0.5) is 5.69 Å². The van der Waals surface area contributed by atoms with Crippen molar-refractivity contribution in [3.8, 4) is 0 Å². The second-order valence-corrected chi connectivity index (χ2v) is 6.62. The van der Waals surface area contributed by atoms with E-state index in [2.05, 4.69) is 20.8 Å². The molecule has 2 amide bonds. The molecule has 0 spiro atoms. The average Bonchev–Trinajstić information content (AvgIpc) is 2.93. The highest BCUT2D eigenvalue weighted by atomic mass is 16.5. The number of para-hydroxylation sites is 1. The van der Waals surface area contributed by atoms with Gasteiger partial charge in [0.2, 0.25) is 11.8 Å².